The Morgan fingerprint density at radius 2 is 1.69 bits per heavy atom. The van der Waals surface area contributed by atoms with E-state index in [0.717, 1.165) is 25.7 Å². The summed E-state index contributed by atoms with van der Waals surface area (Å²) < 4.78 is 4.98. The van der Waals surface area contributed by atoms with Crippen LogP contribution in [0.5, 0.6) is 0 Å². The Balaban J connectivity index is 2.02. The van der Waals surface area contributed by atoms with Crippen LogP contribution in [-0.2, 0) is 4.74 Å². The molecule has 2 atom stereocenters. The van der Waals surface area contributed by atoms with Crippen LogP contribution in [0.15, 0.2) is 0 Å². The Hall–Kier alpha value is -0.200. The van der Waals surface area contributed by atoms with Gasteiger partial charge in [-0.05, 0) is 5.92 Å². The average Bonchev–Trinajstić information content (AvgIpc) is 2.44. The molecule has 5 heteroatoms. The third kappa shape index (κ3) is 1.98. The number of aliphatic hydroxyl groups is 4. The minimum absolute atomic E-state index is 0.178. The van der Waals surface area contributed by atoms with Gasteiger partial charge in [0, 0.05) is 6.42 Å². The highest BCUT2D eigenvalue weighted by molar-refractivity contribution is 4.97. The largest absolute Gasteiger partial charge is 0.385 e. The predicted molar refractivity (Wildman–Crippen MR) is 55.3 cm³/mol. The molecule has 1 aliphatic carbocycles. The monoisotopic (exact) mass is 232 g/mol. The van der Waals surface area contributed by atoms with Gasteiger partial charge in [-0.2, -0.15) is 0 Å². The van der Waals surface area contributed by atoms with Gasteiger partial charge >= 0.3 is 0 Å². The van der Waals surface area contributed by atoms with Crippen LogP contribution in [0.3, 0.4) is 0 Å². The fourth-order valence-electron chi connectivity index (χ4n) is 2.69. The van der Waals surface area contributed by atoms with Gasteiger partial charge in [-0.3, -0.25) is 0 Å². The van der Waals surface area contributed by atoms with Gasteiger partial charge in [-0.15, -0.1) is 0 Å². The zero-order valence-corrected chi connectivity index (χ0v) is 9.30. The van der Waals surface area contributed by atoms with Crippen LogP contribution in [0, 0.1) is 5.92 Å². The van der Waals surface area contributed by atoms with E-state index in [4.69, 9.17) is 4.74 Å². The van der Waals surface area contributed by atoms with Crippen molar-refractivity contribution in [3.05, 3.63) is 0 Å². The third-order valence-electron chi connectivity index (χ3n) is 3.81. The number of rotatable bonds is 2. The summed E-state index contributed by atoms with van der Waals surface area (Å²) in [4.78, 5) is 0. The summed E-state index contributed by atoms with van der Waals surface area (Å²) in [5.74, 6) is -4.33. The van der Waals surface area contributed by atoms with Crippen molar-refractivity contribution < 1.29 is 25.2 Å². The van der Waals surface area contributed by atoms with E-state index in [0.29, 0.717) is 0 Å². The number of hydrogen-bond acceptors (Lipinski definition) is 5. The molecule has 0 radical (unpaired) electrons. The van der Waals surface area contributed by atoms with Crippen LogP contribution in [0.4, 0.5) is 0 Å². The predicted octanol–water partition coefficient (Wildman–Crippen LogP) is -0.283. The summed E-state index contributed by atoms with van der Waals surface area (Å²) in [6.45, 7) is -0.240. The van der Waals surface area contributed by atoms with Crippen LogP contribution in [0.1, 0.15) is 38.5 Å². The summed E-state index contributed by atoms with van der Waals surface area (Å²) in [6, 6.07) is 0. The van der Waals surface area contributed by atoms with Gasteiger partial charge in [0.1, 0.15) is 6.10 Å². The fourth-order valence-corrected chi connectivity index (χ4v) is 2.69. The minimum Gasteiger partial charge on any atom is -0.385 e. The Bertz CT molecular complexity index is 249. The minimum atomic E-state index is -2.55. The molecular formula is C11H20O5. The van der Waals surface area contributed by atoms with Crippen molar-refractivity contribution in [2.45, 2.75) is 56.2 Å². The molecular weight excluding hydrogens is 212 g/mol. The Morgan fingerprint density at radius 3 is 2.19 bits per heavy atom. The second-order valence-corrected chi connectivity index (χ2v) is 5.05. The third-order valence-corrected chi connectivity index (χ3v) is 3.81. The summed E-state index contributed by atoms with van der Waals surface area (Å²) >= 11 is 0. The first-order valence-corrected chi connectivity index (χ1v) is 5.95. The molecule has 2 aliphatic rings. The Labute approximate surface area is 94.7 Å². The van der Waals surface area contributed by atoms with Gasteiger partial charge in [-0.1, -0.05) is 32.1 Å². The van der Waals surface area contributed by atoms with Crippen LogP contribution < -0.4 is 0 Å². The summed E-state index contributed by atoms with van der Waals surface area (Å²) in [7, 11) is 0. The maximum absolute atomic E-state index is 10.1. The molecule has 0 amide bonds. The number of hydrogen-bond donors (Lipinski definition) is 4. The Kier molecular flexibility index (Phi) is 3.25. The second kappa shape index (κ2) is 4.23. The van der Waals surface area contributed by atoms with Crippen LogP contribution in [0.2, 0.25) is 0 Å². The van der Waals surface area contributed by atoms with E-state index in [1.165, 1.54) is 6.42 Å². The topological polar surface area (TPSA) is 90.2 Å². The van der Waals surface area contributed by atoms with Crippen LogP contribution in [0.25, 0.3) is 0 Å². The van der Waals surface area contributed by atoms with Gasteiger partial charge in [0.05, 0.1) is 6.61 Å². The van der Waals surface area contributed by atoms with E-state index in [2.05, 4.69) is 0 Å². The van der Waals surface area contributed by atoms with Crippen molar-refractivity contribution in [2.75, 3.05) is 6.61 Å². The van der Waals surface area contributed by atoms with Gasteiger partial charge in [0.25, 0.3) is 0 Å². The smallest absolute Gasteiger partial charge is 0.247 e. The molecule has 0 spiro atoms. The highest BCUT2D eigenvalue weighted by Crippen LogP contribution is 2.40. The maximum Gasteiger partial charge on any atom is 0.247 e. The van der Waals surface area contributed by atoms with Crippen LogP contribution in [-0.4, -0.2) is 44.7 Å². The molecule has 0 aromatic heterocycles. The van der Waals surface area contributed by atoms with E-state index in [-0.39, 0.29) is 18.9 Å². The Morgan fingerprint density at radius 1 is 1.06 bits per heavy atom. The fraction of sp³-hybridized carbons (Fsp3) is 1.00. The van der Waals surface area contributed by atoms with E-state index in [1.807, 2.05) is 0 Å². The lowest BCUT2D eigenvalue weighted by molar-refractivity contribution is -0.349. The van der Waals surface area contributed by atoms with Gasteiger partial charge in [0.2, 0.25) is 11.6 Å². The van der Waals surface area contributed by atoms with Crippen molar-refractivity contribution in [3.63, 3.8) is 0 Å². The summed E-state index contributed by atoms with van der Waals surface area (Å²) in [5.41, 5.74) is 0. The highest BCUT2D eigenvalue weighted by Gasteiger charge is 2.60. The lowest BCUT2D eigenvalue weighted by Gasteiger charge is -2.36. The SMILES string of the molecule is OC1COC(O)(CC2CCCCC2)C1(O)O. The molecule has 5 nitrogen and oxygen atoms in total. The molecule has 0 aromatic carbocycles. The zero-order chi connectivity index (χ0) is 11.8. The van der Waals surface area contributed by atoms with Crippen molar-refractivity contribution in [1.82, 2.24) is 0 Å². The quantitative estimate of drug-likeness (QED) is 0.492. The average molecular weight is 232 g/mol. The zero-order valence-electron chi connectivity index (χ0n) is 9.30. The molecule has 4 N–H and O–H groups in total. The van der Waals surface area contributed by atoms with E-state index in [9.17, 15) is 20.4 Å². The standard InChI is InChI=1S/C11H20O5/c12-9-7-16-10(13,11(9,14)15)6-8-4-2-1-3-5-8/h8-9,12-15H,1-7H2. The number of aliphatic hydroxyl groups excluding tert-OH is 1. The van der Waals surface area contributed by atoms with Gasteiger partial charge in [-0.25, -0.2) is 0 Å². The molecule has 2 fully saturated rings. The van der Waals surface area contributed by atoms with E-state index >= 15 is 0 Å². The molecule has 94 valence electrons. The molecule has 1 saturated heterocycles. The highest BCUT2D eigenvalue weighted by atomic mass is 16.7. The van der Waals surface area contributed by atoms with E-state index < -0.39 is 17.7 Å². The summed E-state index contributed by atoms with van der Waals surface area (Å²) in [6.07, 6.45) is 4.08. The first kappa shape index (κ1) is 12.3. The molecule has 16 heavy (non-hydrogen) atoms. The number of ether oxygens (including phenoxy) is 1. The lowest BCUT2D eigenvalue weighted by Crippen LogP contribution is -2.57. The molecule has 2 unspecified atom stereocenters. The lowest BCUT2D eigenvalue weighted by atomic mass is 9.82. The van der Waals surface area contributed by atoms with Gasteiger partial charge < -0.3 is 25.2 Å². The normalized spacial score (nSPS) is 40.1. The maximum atomic E-state index is 10.1. The summed E-state index contributed by atoms with van der Waals surface area (Å²) in [5, 5.41) is 38.7. The first-order valence-electron chi connectivity index (χ1n) is 5.95. The van der Waals surface area contributed by atoms with Gasteiger partial charge in [0.15, 0.2) is 0 Å². The molecule has 1 saturated carbocycles. The molecule has 1 aliphatic heterocycles. The first-order chi connectivity index (χ1) is 7.46. The molecule has 1 heterocycles. The van der Waals surface area contributed by atoms with Crippen molar-refractivity contribution in [3.8, 4) is 0 Å². The molecule has 0 aromatic rings. The molecule has 0 bridgehead atoms. The van der Waals surface area contributed by atoms with Crippen molar-refractivity contribution in [1.29, 1.82) is 0 Å². The van der Waals surface area contributed by atoms with Crippen LogP contribution >= 0.6 is 0 Å². The van der Waals surface area contributed by atoms with E-state index in [1.54, 1.807) is 0 Å². The van der Waals surface area contributed by atoms with Crippen molar-refractivity contribution in [2.24, 2.45) is 5.92 Å². The molecule has 2 rings (SSSR count). The van der Waals surface area contributed by atoms with Crippen molar-refractivity contribution >= 4 is 0 Å². The second-order valence-electron chi connectivity index (χ2n) is 5.05.